The molecule has 0 aliphatic carbocycles. The van der Waals surface area contributed by atoms with Crippen molar-refractivity contribution in [3.63, 3.8) is 0 Å². The predicted octanol–water partition coefficient (Wildman–Crippen LogP) is 1.63. The van der Waals surface area contributed by atoms with Crippen LogP contribution >= 0.6 is 23.8 Å². The molecule has 0 saturated heterocycles. The lowest BCUT2D eigenvalue weighted by atomic mass is 10.2. The summed E-state index contributed by atoms with van der Waals surface area (Å²) in [6.45, 7) is 6.70. The number of aryl methyl sites for hydroxylation is 1. The zero-order valence-electron chi connectivity index (χ0n) is 10.2. The van der Waals surface area contributed by atoms with Gasteiger partial charge in [-0.2, -0.15) is 9.47 Å². The van der Waals surface area contributed by atoms with Gasteiger partial charge in [0.25, 0.3) is 0 Å². The van der Waals surface area contributed by atoms with E-state index in [4.69, 9.17) is 18.0 Å². The van der Waals surface area contributed by atoms with Crippen molar-refractivity contribution in [2.75, 3.05) is 12.3 Å². The van der Waals surface area contributed by atoms with Crippen LogP contribution in [0.1, 0.15) is 31.5 Å². The molecule has 5 nitrogen and oxygen atoms in total. The molecular formula is C10H17N5S2. The Morgan fingerprint density at radius 3 is 2.82 bits per heavy atom. The number of hydrazone groups is 1. The van der Waals surface area contributed by atoms with Crippen molar-refractivity contribution in [2.24, 2.45) is 5.10 Å². The minimum absolute atomic E-state index is 0.519. The van der Waals surface area contributed by atoms with E-state index in [-0.39, 0.29) is 0 Å². The van der Waals surface area contributed by atoms with Crippen LogP contribution in [-0.4, -0.2) is 21.7 Å². The number of rotatable bonds is 4. The highest BCUT2D eigenvalue weighted by molar-refractivity contribution is 7.80. The van der Waals surface area contributed by atoms with Crippen molar-refractivity contribution in [3.05, 3.63) is 11.3 Å². The highest BCUT2D eigenvalue weighted by Gasteiger charge is 2.10. The molecule has 0 fully saturated rings. The first-order valence-electron chi connectivity index (χ1n) is 5.36. The maximum atomic E-state index is 5.83. The summed E-state index contributed by atoms with van der Waals surface area (Å²) < 4.78 is 4.17. The van der Waals surface area contributed by atoms with E-state index < -0.39 is 0 Å². The highest BCUT2D eigenvalue weighted by Crippen LogP contribution is 2.21. The third kappa shape index (κ3) is 3.94. The fourth-order valence-electron chi connectivity index (χ4n) is 1.30. The zero-order chi connectivity index (χ0) is 12.8. The van der Waals surface area contributed by atoms with E-state index in [9.17, 15) is 0 Å². The molecule has 0 bridgehead atoms. The van der Waals surface area contributed by atoms with Gasteiger partial charge in [0.05, 0.1) is 17.0 Å². The van der Waals surface area contributed by atoms with Crippen molar-refractivity contribution < 1.29 is 0 Å². The van der Waals surface area contributed by atoms with Crippen LogP contribution in [0.5, 0.6) is 0 Å². The van der Waals surface area contributed by atoms with Gasteiger partial charge in [-0.1, -0.05) is 6.92 Å². The molecule has 0 atom stereocenters. The molecule has 0 aromatic carbocycles. The quantitative estimate of drug-likeness (QED) is 0.441. The number of nitrogens with zero attached hydrogens (tertiary/aromatic N) is 2. The lowest BCUT2D eigenvalue weighted by Gasteiger charge is -2.06. The highest BCUT2D eigenvalue weighted by atomic mass is 32.1. The Bertz CT molecular complexity index is 405. The van der Waals surface area contributed by atoms with Crippen molar-refractivity contribution >= 4 is 39.6 Å². The normalized spacial score (nSPS) is 11.4. The second-order valence-electron chi connectivity index (χ2n) is 3.57. The van der Waals surface area contributed by atoms with Crippen molar-refractivity contribution in [3.8, 4) is 0 Å². The van der Waals surface area contributed by atoms with Gasteiger partial charge in [-0.05, 0) is 44.0 Å². The Labute approximate surface area is 111 Å². The lowest BCUT2D eigenvalue weighted by molar-refractivity contribution is 0.816. The van der Waals surface area contributed by atoms with Gasteiger partial charge >= 0.3 is 0 Å². The largest absolute Gasteiger partial charge is 0.389 e. The summed E-state index contributed by atoms with van der Waals surface area (Å²) in [6, 6.07) is 0. The molecule has 0 radical (unpaired) electrons. The number of anilines is 1. The predicted molar refractivity (Wildman–Crippen MR) is 77.5 cm³/mol. The van der Waals surface area contributed by atoms with E-state index in [0.29, 0.717) is 10.1 Å². The zero-order valence-corrected chi connectivity index (χ0v) is 11.8. The van der Waals surface area contributed by atoms with Crippen LogP contribution in [0.3, 0.4) is 0 Å². The number of nitrogens with one attached hydrogen (secondary N) is 2. The smallest absolute Gasteiger partial charge is 0.186 e. The molecule has 0 aliphatic heterocycles. The molecule has 1 aromatic heterocycles. The maximum absolute atomic E-state index is 5.83. The number of nitrogen functional groups attached to an aromatic ring is 1. The Morgan fingerprint density at radius 1 is 1.59 bits per heavy atom. The molecule has 1 rings (SSSR count). The molecule has 0 amide bonds. The summed E-state index contributed by atoms with van der Waals surface area (Å²) in [7, 11) is 0. The van der Waals surface area contributed by atoms with Gasteiger partial charge in [0, 0.05) is 6.54 Å². The fourth-order valence-corrected chi connectivity index (χ4v) is 2.16. The van der Waals surface area contributed by atoms with E-state index in [0.717, 1.165) is 29.9 Å². The minimum Gasteiger partial charge on any atom is -0.389 e. The number of nitrogens with two attached hydrogens (primary N) is 1. The van der Waals surface area contributed by atoms with Crippen molar-refractivity contribution in [2.45, 2.75) is 27.2 Å². The topological polar surface area (TPSA) is 75.3 Å². The standard InChI is InChI=1S/C10H17N5S2/c1-4-5-12-10(16)14-13-6(2)8-7(3)15-17-9(8)11/h4-5,11H2,1-3H3,(H2,12,14,16)/b13-6-. The average molecular weight is 271 g/mol. The summed E-state index contributed by atoms with van der Waals surface area (Å²) in [5.74, 6) is 0. The Balaban J connectivity index is 2.64. The van der Waals surface area contributed by atoms with Crippen LogP contribution in [0, 0.1) is 6.92 Å². The molecule has 0 saturated carbocycles. The van der Waals surface area contributed by atoms with Crippen LogP contribution in [0.15, 0.2) is 5.10 Å². The van der Waals surface area contributed by atoms with E-state index >= 15 is 0 Å². The first kappa shape index (κ1) is 13.9. The molecule has 4 N–H and O–H groups in total. The second kappa shape index (κ2) is 6.51. The first-order valence-corrected chi connectivity index (χ1v) is 6.54. The lowest BCUT2D eigenvalue weighted by Crippen LogP contribution is -2.33. The Hall–Kier alpha value is -1.21. The van der Waals surface area contributed by atoms with E-state index in [1.807, 2.05) is 13.8 Å². The van der Waals surface area contributed by atoms with Crippen LogP contribution in [0.25, 0.3) is 0 Å². The van der Waals surface area contributed by atoms with E-state index in [2.05, 4.69) is 27.1 Å². The molecule has 0 spiro atoms. The van der Waals surface area contributed by atoms with Gasteiger partial charge in [0.1, 0.15) is 5.00 Å². The first-order chi connectivity index (χ1) is 8.06. The molecule has 94 valence electrons. The number of thiocarbonyl (C=S) groups is 1. The van der Waals surface area contributed by atoms with Crippen molar-refractivity contribution in [1.29, 1.82) is 0 Å². The number of hydrogen-bond acceptors (Lipinski definition) is 5. The second-order valence-corrected chi connectivity index (χ2v) is 4.79. The Kier molecular flexibility index (Phi) is 5.30. The van der Waals surface area contributed by atoms with Crippen LogP contribution in [0.2, 0.25) is 0 Å². The van der Waals surface area contributed by atoms with Crippen LogP contribution in [-0.2, 0) is 0 Å². The fraction of sp³-hybridized carbons (Fsp3) is 0.500. The van der Waals surface area contributed by atoms with Gasteiger partial charge in [-0.15, -0.1) is 0 Å². The van der Waals surface area contributed by atoms with Gasteiger partial charge in [-0.3, -0.25) is 5.43 Å². The molecule has 1 aromatic rings. The van der Waals surface area contributed by atoms with Crippen molar-refractivity contribution in [1.82, 2.24) is 15.1 Å². The SMILES string of the molecule is CCCNC(=S)N/N=C(/C)c1c(C)nsc1N. The molecule has 17 heavy (non-hydrogen) atoms. The Morgan fingerprint density at radius 2 is 2.29 bits per heavy atom. The summed E-state index contributed by atoms with van der Waals surface area (Å²) in [6.07, 6.45) is 1.02. The average Bonchev–Trinajstić information content (AvgIpc) is 2.63. The maximum Gasteiger partial charge on any atom is 0.186 e. The minimum atomic E-state index is 0.519. The molecular weight excluding hydrogens is 254 g/mol. The van der Waals surface area contributed by atoms with E-state index in [1.165, 1.54) is 11.5 Å². The summed E-state index contributed by atoms with van der Waals surface area (Å²) in [5, 5.41) is 8.42. The van der Waals surface area contributed by atoms with Crippen LogP contribution < -0.4 is 16.5 Å². The monoisotopic (exact) mass is 271 g/mol. The van der Waals surface area contributed by atoms with Crippen LogP contribution in [0.4, 0.5) is 5.00 Å². The molecule has 1 heterocycles. The summed E-state index contributed by atoms with van der Waals surface area (Å²) >= 11 is 6.34. The van der Waals surface area contributed by atoms with Gasteiger partial charge in [0.15, 0.2) is 5.11 Å². The molecule has 7 heteroatoms. The molecule has 0 unspecified atom stereocenters. The third-order valence-corrected chi connectivity index (χ3v) is 3.11. The van der Waals surface area contributed by atoms with Gasteiger partial charge < -0.3 is 11.1 Å². The third-order valence-electron chi connectivity index (χ3n) is 2.11. The van der Waals surface area contributed by atoms with Gasteiger partial charge in [0.2, 0.25) is 0 Å². The summed E-state index contributed by atoms with van der Waals surface area (Å²) in [4.78, 5) is 0. The number of aromatic nitrogens is 1. The van der Waals surface area contributed by atoms with E-state index in [1.54, 1.807) is 0 Å². The number of hydrogen-bond donors (Lipinski definition) is 3. The molecule has 0 aliphatic rings. The van der Waals surface area contributed by atoms with Gasteiger partial charge in [-0.25, -0.2) is 0 Å². The summed E-state index contributed by atoms with van der Waals surface area (Å²) in [5.41, 5.74) is 11.2.